The van der Waals surface area contributed by atoms with E-state index in [0.29, 0.717) is 44.3 Å². The van der Waals surface area contributed by atoms with E-state index in [2.05, 4.69) is 31.1 Å². The summed E-state index contributed by atoms with van der Waals surface area (Å²) in [6.07, 6.45) is -6.42. The van der Waals surface area contributed by atoms with Gasteiger partial charge >= 0.3 is 5.97 Å². The van der Waals surface area contributed by atoms with Crippen LogP contribution in [-0.4, -0.2) is 158 Å². The summed E-state index contributed by atoms with van der Waals surface area (Å²) in [4.78, 5) is 13.4. The number of phenols is 1. The minimum Gasteiger partial charge on any atom is -0.507 e. The zero-order chi connectivity index (χ0) is 48.1. The molecule has 1 aromatic carbocycles. The van der Waals surface area contributed by atoms with Gasteiger partial charge in [-0.2, -0.15) is 0 Å². The van der Waals surface area contributed by atoms with E-state index >= 15 is 0 Å². The maximum absolute atomic E-state index is 13.4. The highest BCUT2D eigenvalue weighted by Gasteiger charge is 2.50. The second-order valence-electron chi connectivity index (χ2n) is 20.1. The van der Waals surface area contributed by atoms with E-state index in [4.69, 9.17) is 33.2 Å². The van der Waals surface area contributed by atoms with Gasteiger partial charge in [-0.1, -0.05) is 112 Å². The summed E-state index contributed by atoms with van der Waals surface area (Å²) in [7, 11) is 0. The lowest BCUT2D eigenvalue weighted by molar-refractivity contribution is -0.375. The number of ether oxygens (including phenoxy) is 7. The molecule has 18 nitrogen and oxygen atoms in total. The maximum atomic E-state index is 13.4. The van der Waals surface area contributed by atoms with E-state index in [9.17, 15) is 40.5 Å². The fraction of sp³-hybridized carbons (Fsp3) is 0.809. The van der Waals surface area contributed by atoms with Crippen LogP contribution in [-0.2, 0) is 57.1 Å². The van der Waals surface area contributed by atoms with E-state index in [-0.39, 0.29) is 29.9 Å². The summed E-state index contributed by atoms with van der Waals surface area (Å²) in [5.74, 6) is -1.18. The molecule has 2 aliphatic heterocycles. The van der Waals surface area contributed by atoms with Gasteiger partial charge in [-0.3, -0.25) is 0 Å². The van der Waals surface area contributed by atoms with Gasteiger partial charge in [-0.25, -0.2) is 9.48 Å². The fourth-order valence-electron chi connectivity index (χ4n) is 7.61. The molecule has 0 unspecified atom stereocenters. The van der Waals surface area contributed by atoms with Gasteiger partial charge in [0, 0.05) is 24.2 Å². The van der Waals surface area contributed by atoms with Crippen molar-refractivity contribution in [1.29, 1.82) is 0 Å². The number of carbonyl (C=O) groups is 1. The Balaban J connectivity index is 1.36. The molecule has 0 radical (unpaired) electrons. The van der Waals surface area contributed by atoms with Crippen LogP contribution in [0.2, 0.25) is 0 Å². The summed E-state index contributed by atoms with van der Waals surface area (Å²) < 4.78 is 42.4. The number of aromatic nitrogens is 3. The van der Waals surface area contributed by atoms with Crippen LogP contribution in [0.4, 0.5) is 0 Å². The number of hydrogen-bond acceptors (Lipinski definition) is 17. The Bertz CT molecular complexity index is 1710. The number of benzene rings is 1. The zero-order valence-electron chi connectivity index (χ0n) is 40.1. The van der Waals surface area contributed by atoms with Crippen LogP contribution in [0.25, 0.3) is 0 Å². The quantitative estimate of drug-likeness (QED) is 0.0553. The van der Waals surface area contributed by atoms with E-state index in [1.165, 1.54) is 17.5 Å². The number of phenolic OH excluding ortho intramolecular Hbond substituents is 1. The van der Waals surface area contributed by atoms with Crippen LogP contribution in [0.15, 0.2) is 18.3 Å². The third-order valence-electron chi connectivity index (χ3n) is 11.8. The molecule has 0 aliphatic carbocycles. The third kappa shape index (κ3) is 15.9. The van der Waals surface area contributed by atoms with Crippen molar-refractivity contribution in [2.24, 2.45) is 5.41 Å². The highest BCUT2D eigenvalue weighted by atomic mass is 16.8. The standard InChI is InChI=1S/C47H79N3O15/c1-10-12-14-16-18-59-26-47(9,27-60-19-17-15-13-11-2)28-61-24-30-22-50(49-48-30)23-33-36(52)38(54)40(56)43(63-33)65-44-41(57)39(55)37(53)34(64-44)25-62-42(58)31-20-29(45(3,4)5)21-32(35(31)51)46(6,7)8/h20-22,33-34,36-41,43-44,51-57H,10-19,23-28H2,1-9H3/t33-,34-,36-,37-,38+,39+,40-,41-,43-,44-/m1/s1. The number of aromatic hydroxyl groups is 1. The Morgan fingerprint density at radius 2 is 1.23 bits per heavy atom. The van der Waals surface area contributed by atoms with E-state index in [0.717, 1.165) is 44.1 Å². The van der Waals surface area contributed by atoms with Gasteiger partial charge in [0.2, 0.25) is 0 Å². The molecular formula is C47H79N3O15. The second kappa shape index (κ2) is 25.0. The van der Waals surface area contributed by atoms with Crippen molar-refractivity contribution in [1.82, 2.24) is 15.0 Å². The molecule has 0 spiro atoms. The molecule has 4 rings (SSSR count). The molecule has 7 N–H and O–H groups in total. The SMILES string of the molecule is CCCCCCOCC(C)(COCCCCCC)COCc1cn(C[C@H]2O[C@H](O[C@H]3O[C@H](COC(=O)c4cc(C(C)(C)C)cc(C(C)(C)C)c4O)[C@@H](O)[C@H](O)[C@H]3O)[C@H](O)[C@@H](O)[C@@H]2O)nn1. The van der Waals surface area contributed by atoms with Gasteiger partial charge in [-0.05, 0) is 35.3 Å². The molecule has 18 heteroatoms. The normalized spacial score (nSPS) is 26.7. The number of aliphatic hydroxyl groups excluding tert-OH is 6. The molecule has 2 saturated heterocycles. The molecule has 0 saturated carbocycles. The van der Waals surface area contributed by atoms with Crippen LogP contribution >= 0.6 is 0 Å². The fourth-order valence-corrected chi connectivity index (χ4v) is 7.61. The average molecular weight is 926 g/mol. The Morgan fingerprint density at radius 1 is 0.692 bits per heavy atom. The number of esters is 1. The van der Waals surface area contributed by atoms with E-state index in [1.54, 1.807) is 12.3 Å². The van der Waals surface area contributed by atoms with Crippen LogP contribution in [0.1, 0.15) is 141 Å². The summed E-state index contributed by atoms with van der Waals surface area (Å²) >= 11 is 0. The maximum Gasteiger partial charge on any atom is 0.342 e. The van der Waals surface area contributed by atoms with Gasteiger partial charge in [0.1, 0.15) is 72.4 Å². The first-order valence-corrected chi connectivity index (χ1v) is 23.3. The zero-order valence-corrected chi connectivity index (χ0v) is 40.1. The summed E-state index contributed by atoms with van der Waals surface area (Å²) in [6, 6.07) is 3.39. The van der Waals surface area contributed by atoms with Crippen molar-refractivity contribution < 1.29 is 73.7 Å². The van der Waals surface area contributed by atoms with Gasteiger partial charge in [-0.15, -0.1) is 5.10 Å². The lowest BCUT2D eigenvalue weighted by Gasteiger charge is -2.44. The summed E-state index contributed by atoms with van der Waals surface area (Å²) in [5, 5.41) is 84.5. The topological polar surface area (TPSA) is 254 Å². The number of unbranched alkanes of at least 4 members (excludes halogenated alkanes) is 6. The first-order chi connectivity index (χ1) is 30.6. The lowest BCUT2D eigenvalue weighted by atomic mass is 9.79. The molecule has 372 valence electrons. The number of rotatable bonds is 25. The molecule has 2 fully saturated rings. The Labute approximate surface area is 384 Å². The molecular weight excluding hydrogens is 847 g/mol. The van der Waals surface area contributed by atoms with E-state index < -0.39 is 84.8 Å². The molecule has 65 heavy (non-hydrogen) atoms. The highest BCUT2D eigenvalue weighted by Crippen LogP contribution is 2.38. The Hall–Kier alpha value is -2.85. The summed E-state index contributed by atoms with van der Waals surface area (Å²) in [5.41, 5.74) is 0.390. The average Bonchev–Trinajstić information content (AvgIpc) is 3.69. The Kier molecular flexibility index (Phi) is 21.0. The van der Waals surface area contributed by atoms with Gasteiger partial charge < -0.3 is 68.9 Å². The monoisotopic (exact) mass is 926 g/mol. The van der Waals surface area contributed by atoms with Crippen molar-refractivity contribution in [3.05, 3.63) is 40.7 Å². The minimum absolute atomic E-state index is 0.101. The molecule has 1 aromatic heterocycles. The van der Waals surface area contributed by atoms with Crippen molar-refractivity contribution >= 4 is 5.97 Å². The molecule has 2 aliphatic rings. The first kappa shape index (κ1) is 54.8. The van der Waals surface area contributed by atoms with Crippen LogP contribution < -0.4 is 0 Å². The minimum atomic E-state index is -1.88. The van der Waals surface area contributed by atoms with Gasteiger partial charge in [0.15, 0.2) is 12.6 Å². The second-order valence-corrected chi connectivity index (χ2v) is 20.1. The van der Waals surface area contributed by atoms with Gasteiger partial charge in [0.25, 0.3) is 0 Å². The number of nitrogens with zero attached hydrogens (tertiary/aromatic N) is 3. The van der Waals surface area contributed by atoms with Crippen molar-refractivity contribution in [3.63, 3.8) is 0 Å². The van der Waals surface area contributed by atoms with Gasteiger partial charge in [0.05, 0.1) is 39.2 Å². The largest absolute Gasteiger partial charge is 0.507 e. The van der Waals surface area contributed by atoms with Crippen molar-refractivity contribution in [2.45, 2.75) is 199 Å². The predicted octanol–water partition coefficient (Wildman–Crippen LogP) is 3.78. The van der Waals surface area contributed by atoms with E-state index in [1.807, 2.05) is 47.6 Å². The molecule has 3 heterocycles. The van der Waals surface area contributed by atoms with Crippen LogP contribution in [0.3, 0.4) is 0 Å². The van der Waals surface area contributed by atoms with Crippen LogP contribution in [0, 0.1) is 5.41 Å². The molecule has 0 amide bonds. The number of aliphatic hydroxyl groups is 6. The van der Waals surface area contributed by atoms with Crippen molar-refractivity contribution in [2.75, 3.05) is 39.6 Å². The first-order valence-electron chi connectivity index (χ1n) is 23.3. The molecule has 0 bridgehead atoms. The van der Waals surface area contributed by atoms with Crippen molar-refractivity contribution in [3.8, 4) is 5.75 Å². The smallest absolute Gasteiger partial charge is 0.342 e. The third-order valence-corrected chi connectivity index (χ3v) is 11.8. The lowest BCUT2D eigenvalue weighted by Crippen LogP contribution is -2.63. The number of hydrogen-bond donors (Lipinski definition) is 7. The summed E-state index contributed by atoms with van der Waals surface area (Å²) in [6.45, 7) is 20.0. The predicted molar refractivity (Wildman–Crippen MR) is 238 cm³/mol. The highest BCUT2D eigenvalue weighted by molar-refractivity contribution is 5.93. The molecule has 10 atom stereocenters. The number of carbonyl (C=O) groups excluding carboxylic acids is 1. The van der Waals surface area contributed by atoms with Crippen LogP contribution in [0.5, 0.6) is 5.75 Å². The Morgan fingerprint density at radius 3 is 1.77 bits per heavy atom. The molecule has 2 aromatic rings.